The van der Waals surface area contributed by atoms with Crippen molar-refractivity contribution in [3.8, 4) is 0 Å². The molecule has 0 radical (unpaired) electrons. The normalized spacial score (nSPS) is 22.1. The van der Waals surface area contributed by atoms with Crippen LogP contribution in [0.25, 0.3) is 0 Å². The maximum Gasteiger partial charge on any atom is 0.282 e. The number of hydrogen-bond acceptors (Lipinski definition) is 5. The standard InChI is InChI=1S/C14H21FN4O3S/c15-13-2-1-3-14(17-13)16-12-4-6-18(7-5-12)23(20,21)19-8-10-22-11-9-19/h1-3,12H,4-11H2,(H,16,17). The van der Waals surface area contributed by atoms with Gasteiger partial charge in [0, 0.05) is 32.2 Å². The molecule has 2 saturated heterocycles. The van der Waals surface area contributed by atoms with Crippen LogP contribution in [0.2, 0.25) is 0 Å². The van der Waals surface area contributed by atoms with E-state index in [1.54, 1.807) is 12.1 Å². The Hall–Kier alpha value is -1.29. The SMILES string of the molecule is O=S(=O)(N1CCOCC1)N1CCC(Nc2cccc(F)n2)CC1. The number of nitrogens with zero attached hydrogens (tertiary/aromatic N) is 3. The minimum absolute atomic E-state index is 0.0976. The summed E-state index contributed by atoms with van der Waals surface area (Å²) in [6.45, 7) is 2.62. The van der Waals surface area contributed by atoms with Gasteiger partial charge in [-0.1, -0.05) is 6.07 Å². The molecule has 1 aromatic heterocycles. The average molecular weight is 344 g/mol. The van der Waals surface area contributed by atoms with E-state index in [1.165, 1.54) is 14.7 Å². The van der Waals surface area contributed by atoms with Crippen LogP contribution in [0, 0.1) is 5.95 Å². The van der Waals surface area contributed by atoms with Gasteiger partial charge in [0.1, 0.15) is 5.82 Å². The molecule has 2 fully saturated rings. The molecule has 0 spiro atoms. The van der Waals surface area contributed by atoms with Crippen molar-refractivity contribution in [3.63, 3.8) is 0 Å². The number of halogens is 1. The summed E-state index contributed by atoms with van der Waals surface area (Å²) in [6, 6.07) is 4.70. The molecule has 0 atom stereocenters. The lowest BCUT2D eigenvalue weighted by Crippen LogP contribution is -2.51. The molecule has 23 heavy (non-hydrogen) atoms. The zero-order valence-electron chi connectivity index (χ0n) is 12.8. The van der Waals surface area contributed by atoms with Gasteiger partial charge in [0.2, 0.25) is 5.95 Å². The second-order valence-corrected chi connectivity index (χ2v) is 7.61. The maximum absolute atomic E-state index is 13.1. The number of nitrogens with one attached hydrogen (secondary N) is 1. The van der Waals surface area contributed by atoms with E-state index in [1.807, 2.05) is 0 Å². The van der Waals surface area contributed by atoms with Crippen molar-refractivity contribution < 1.29 is 17.5 Å². The highest BCUT2D eigenvalue weighted by Crippen LogP contribution is 2.20. The Bertz CT molecular complexity index is 629. The van der Waals surface area contributed by atoms with E-state index < -0.39 is 16.2 Å². The molecule has 2 aliphatic heterocycles. The Morgan fingerprint density at radius 2 is 1.78 bits per heavy atom. The fourth-order valence-corrected chi connectivity index (χ4v) is 4.48. The number of ether oxygens (including phenoxy) is 1. The van der Waals surface area contributed by atoms with Gasteiger partial charge >= 0.3 is 0 Å². The summed E-state index contributed by atoms with van der Waals surface area (Å²) in [5.74, 6) is -0.0400. The molecule has 0 amide bonds. The van der Waals surface area contributed by atoms with Crippen molar-refractivity contribution in [2.24, 2.45) is 0 Å². The second kappa shape index (κ2) is 7.08. The summed E-state index contributed by atoms with van der Waals surface area (Å²) in [6.07, 6.45) is 1.34. The maximum atomic E-state index is 13.1. The van der Waals surface area contributed by atoms with E-state index in [-0.39, 0.29) is 6.04 Å². The number of anilines is 1. The van der Waals surface area contributed by atoms with E-state index in [2.05, 4.69) is 10.3 Å². The Morgan fingerprint density at radius 1 is 1.13 bits per heavy atom. The zero-order chi connectivity index (χ0) is 16.3. The van der Waals surface area contributed by atoms with Crippen molar-refractivity contribution in [1.29, 1.82) is 0 Å². The van der Waals surface area contributed by atoms with Gasteiger partial charge in [0.25, 0.3) is 10.2 Å². The lowest BCUT2D eigenvalue weighted by Gasteiger charge is -2.36. The zero-order valence-corrected chi connectivity index (χ0v) is 13.6. The summed E-state index contributed by atoms with van der Waals surface area (Å²) in [5.41, 5.74) is 0. The molecule has 2 aliphatic rings. The molecule has 3 rings (SSSR count). The van der Waals surface area contributed by atoms with Crippen molar-refractivity contribution in [2.45, 2.75) is 18.9 Å². The number of aromatic nitrogens is 1. The number of piperidine rings is 1. The highest BCUT2D eigenvalue weighted by molar-refractivity contribution is 7.86. The third-order valence-electron chi connectivity index (χ3n) is 4.14. The molecule has 0 bridgehead atoms. The first kappa shape index (κ1) is 16.6. The van der Waals surface area contributed by atoms with Crippen molar-refractivity contribution in [1.82, 2.24) is 13.6 Å². The average Bonchev–Trinajstić information content (AvgIpc) is 2.56. The summed E-state index contributed by atoms with van der Waals surface area (Å²) in [5, 5.41) is 3.17. The van der Waals surface area contributed by atoms with E-state index in [0.29, 0.717) is 58.1 Å². The van der Waals surface area contributed by atoms with Gasteiger partial charge in [-0.25, -0.2) is 4.98 Å². The lowest BCUT2D eigenvalue weighted by atomic mass is 10.1. The molecule has 0 aromatic carbocycles. The van der Waals surface area contributed by atoms with Gasteiger partial charge < -0.3 is 10.1 Å². The van der Waals surface area contributed by atoms with Crippen LogP contribution in [-0.2, 0) is 14.9 Å². The summed E-state index contributed by atoms with van der Waals surface area (Å²) >= 11 is 0. The van der Waals surface area contributed by atoms with Crippen LogP contribution in [-0.4, -0.2) is 67.4 Å². The lowest BCUT2D eigenvalue weighted by molar-refractivity contribution is 0.0696. The van der Waals surface area contributed by atoms with E-state index >= 15 is 0 Å². The van der Waals surface area contributed by atoms with Crippen molar-refractivity contribution in [2.75, 3.05) is 44.7 Å². The molecule has 1 aromatic rings. The number of morpholine rings is 1. The Labute approximate surface area is 135 Å². The Kier molecular flexibility index (Phi) is 5.10. The summed E-state index contributed by atoms with van der Waals surface area (Å²) in [4.78, 5) is 3.78. The number of hydrogen-bond donors (Lipinski definition) is 1. The molecular weight excluding hydrogens is 323 g/mol. The Morgan fingerprint density at radius 3 is 2.43 bits per heavy atom. The monoisotopic (exact) mass is 344 g/mol. The van der Waals surface area contributed by atoms with Crippen LogP contribution in [0.5, 0.6) is 0 Å². The van der Waals surface area contributed by atoms with Crippen LogP contribution in [0.15, 0.2) is 18.2 Å². The van der Waals surface area contributed by atoms with Crippen LogP contribution < -0.4 is 5.32 Å². The highest BCUT2D eigenvalue weighted by atomic mass is 32.2. The molecule has 0 saturated carbocycles. The first-order valence-electron chi connectivity index (χ1n) is 7.78. The molecule has 0 unspecified atom stereocenters. The minimum atomic E-state index is -3.40. The van der Waals surface area contributed by atoms with Gasteiger partial charge in [-0.2, -0.15) is 21.4 Å². The second-order valence-electron chi connectivity index (χ2n) is 5.68. The van der Waals surface area contributed by atoms with Crippen LogP contribution in [0.4, 0.5) is 10.2 Å². The minimum Gasteiger partial charge on any atom is -0.379 e. The largest absolute Gasteiger partial charge is 0.379 e. The fraction of sp³-hybridized carbons (Fsp3) is 0.643. The number of rotatable bonds is 4. The topological polar surface area (TPSA) is 74.8 Å². The van der Waals surface area contributed by atoms with Gasteiger partial charge in [0.05, 0.1) is 13.2 Å². The predicted molar refractivity (Wildman–Crippen MR) is 83.7 cm³/mol. The molecule has 1 N–H and O–H groups in total. The molecule has 9 heteroatoms. The van der Waals surface area contributed by atoms with Crippen molar-refractivity contribution >= 4 is 16.0 Å². The molecule has 128 valence electrons. The smallest absolute Gasteiger partial charge is 0.282 e. The summed E-state index contributed by atoms with van der Waals surface area (Å²) < 4.78 is 46.4. The predicted octanol–water partition coefficient (Wildman–Crippen LogP) is 0.674. The Balaban J connectivity index is 1.55. The van der Waals surface area contributed by atoms with Gasteiger partial charge in [-0.3, -0.25) is 0 Å². The van der Waals surface area contributed by atoms with Gasteiger partial charge in [0.15, 0.2) is 0 Å². The highest BCUT2D eigenvalue weighted by Gasteiger charge is 2.33. The first-order chi connectivity index (χ1) is 11.1. The van der Waals surface area contributed by atoms with Crippen LogP contribution in [0.3, 0.4) is 0 Å². The molecule has 3 heterocycles. The third-order valence-corrected chi connectivity index (χ3v) is 6.18. The number of pyridine rings is 1. The first-order valence-corrected chi connectivity index (χ1v) is 9.17. The molecule has 0 aliphatic carbocycles. The van der Waals surface area contributed by atoms with Crippen LogP contribution in [0.1, 0.15) is 12.8 Å². The van der Waals surface area contributed by atoms with E-state index in [9.17, 15) is 12.8 Å². The van der Waals surface area contributed by atoms with Crippen molar-refractivity contribution in [3.05, 3.63) is 24.1 Å². The molecule has 7 nitrogen and oxygen atoms in total. The van der Waals surface area contributed by atoms with Crippen LogP contribution >= 0.6 is 0 Å². The third kappa shape index (κ3) is 3.97. The van der Waals surface area contributed by atoms with E-state index in [0.717, 1.165) is 0 Å². The summed E-state index contributed by atoms with van der Waals surface area (Å²) in [7, 11) is -3.40. The van der Waals surface area contributed by atoms with E-state index in [4.69, 9.17) is 4.74 Å². The van der Waals surface area contributed by atoms with Gasteiger partial charge in [-0.15, -0.1) is 0 Å². The molecular formula is C14H21FN4O3S. The fourth-order valence-electron chi connectivity index (χ4n) is 2.87. The van der Waals surface area contributed by atoms with Gasteiger partial charge in [-0.05, 0) is 25.0 Å². The quantitative estimate of drug-likeness (QED) is 0.813.